The molecule has 250 valence electrons. The van der Waals surface area contributed by atoms with E-state index in [2.05, 4.69) is 5.32 Å². The van der Waals surface area contributed by atoms with E-state index >= 15 is 0 Å². The van der Waals surface area contributed by atoms with E-state index < -0.39 is 28.5 Å². The number of amides is 2. The van der Waals surface area contributed by atoms with Crippen molar-refractivity contribution in [3.8, 4) is 28.7 Å². The Balaban J connectivity index is 2.15. The van der Waals surface area contributed by atoms with Crippen molar-refractivity contribution < 1.29 is 41.7 Å². The number of methoxy groups -OCH3 is 5. The Labute approximate surface area is 271 Å². The van der Waals surface area contributed by atoms with Crippen LogP contribution in [0.25, 0.3) is 0 Å². The Morgan fingerprint density at radius 1 is 0.804 bits per heavy atom. The molecule has 0 aliphatic heterocycles. The molecule has 3 rings (SSSR count). The molecular formula is C33H43N3O9S. The van der Waals surface area contributed by atoms with Crippen LogP contribution in [0.15, 0.2) is 65.6 Å². The van der Waals surface area contributed by atoms with Crippen LogP contribution in [0, 0.1) is 0 Å². The average molecular weight is 658 g/mol. The zero-order valence-electron chi connectivity index (χ0n) is 27.4. The maximum absolute atomic E-state index is 14.4. The van der Waals surface area contributed by atoms with Crippen LogP contribution in [0.3, 0.4) is 0 Å². The SMILES string of the molecule is CCCCNC(=O)C(C)N(Cc1cccc(OC)c1)C(=O)CN(c1cc(OC)ccc1OC)S(=O)(=O)c1ccc(OC)c(OC)c1. The molecule has 1 unspecified atom stereocenters. The molecule has 1 atom stereocenters. The van der Waals surface area contributed by atoms with Crippen molar-refractivity contribution in [1.82, 2.24) is 10.2 Å². The van der Waals surface area contributed by atoms with Gasteiger partial charge in [0.15, 0.2) is 11.5 Å². The van der Waals surface area contributed by atoms with E-state index in [-0.39, 0.29) is 34.5 Å². The van der Waals surface area contributed by atoms with Gasteiger partial charge in [0.1, 0.15) is 29.8 Å². The van der Waals surface area contributed by atoms with Crippen LogP contribution in [-0.4, -0.2) is 79.8 Å². The minimum Gasteiger partial charge on any atom is -0.497 e. The standard InChI is InChI=1S/C33H43N3O9S/c1-8-9-17-34-33(38)23(2)35(21-24-11-10-12-25(18-24)41-3)32(37)22-36(28-19-26(42-4)13-15-29(28)43-5)46(39,40)27-14-16-30(44-6)31(20-27)45-7/h10-16,18-20,23H,8-9,17,21-22H2,1-7H3,(H,34,38). The average Bonchev–Trinajstić information content (AvgIpc) is 3.08. The zero-order valence-corrected chi connectivity index (χ0v) is 28.2. The molecule has 3 aromatic rings. The first kappa shape index (κ1) is 35.8. The molecule has 0 aliphatic rings. The second kappa shape index (κ2) is 16.6. The summed E-state index contributed by atoms with van der Waals surface area (Å²) in [5.74, 6) is 0.617. The minimum atomic E-state index is -4.45. The molecule has 0 radical (unpaired) electrons. The summed E-state index contributed by atoms with van der Waals surface area (Å²) < 4.78 is 56.7. The van der Waals surface area contributed by atoms with E-state index in [9.17, 15) is 18.0 Å². The number of rotatable bonds is 17. The number of carbonyl (C=O) groups is 2. The van der Waals surface area contributed by atoms with Crippen molar-refractivity contribution >= 4 is 27.5 Å². The van der Waals surface area contributed by atoms with Gasteiger partial charge in [-0.05, 0) is 55.3 Å². The number of sulfonamides is 1. The maximum atomic E-state index is 14.4. The summed E-state index contributed by atoms with van der Waals surface area (Å²) in [5.41, 5.74) is 0.750. The summed E-state index contributed by atoms with van der Waals surface area (Å²) in [5, 5.41) is 2.87. The third-order valence-electron chi connectivity index (χ3n) is 7.36. The number of carbonyl (C=O) groups excluding carboxylic acids is 2. The molecule has 1 N–H and O–H groups in total. The van der Waals surface area contributed by atoms with Gasteiger partial charge >= 0.3 is 0 Å². The van der Waals surface area contributed by atoms with Crippen molar-refractivity contribution in [2.45, 2.75) is 44.2 Å². The van der Waals surface area contributed by atoms with Crippen molar-refractivity contribution in [3.05, 3.63) is 66.2 Å². The second-order valence-corrected chi connectivity index (χ2v) is 12.1. The second-order valence-electron chi connectivity index (χ2n) is 10.3. The van der Waals surface area contributed by atoms with Gasteiger partial charge in [0.2, 0.25) is 11.8 Å². The van der Waals surface area contributed by atoms with Gasteiger partial charge in [-0.2, -0.15) is 0 Å². The fraction of sp³-hybridized carbons (Fsp3) is 0.394. The summed E-state index contributed by atoms with van der Waals surface area (Å²) in [7, 11) is 2.75. The Hall–Kier alpha value is -4.65. The van der Waals surface area contributed by atoms with Crippen LogP contribution in [-0.2, 0) is 26.2 Å². The smallest absolute Gasteiger partial charge is 0.265 e. The van der Waals surface area contributed by atoms with Crippen LogP contribution in [0.5, 0.6) is 28.7 Å². The number of benzene rings is 3. The molecule has 0 fully saturated rings. The summed E-state index contributed by atoms with van der Waals surface area (Å²) in [4.78, 5) is 28.7. The number of nitrogens with zero attached hydrogens (tertiary/aromatic N) is 2. The lowest BCUT2D eigenvalue weighted by molar-refractivity contribution is -0.139. The predicted octanol–water partition coefficient (Wildman–Crippen LogP) is 4.26. The van der Waals surface area contributed by atoms with E-state index in [1.165, 1.54) is 64.7 Å². The highest BCUT2D eigenvalue weighted by atomic mass is 32.2. The molecule has 3 aromatic carbocycles. The quantitative estimate of drug-likeness (QED) is 0.212. The Kier molecular flexibility index (Phi) is 12.9. The molecule has 46 heavy (non-hydrogen) atoms. The van der Waals surface area contributed by atoms with E-state index in [1.54, 1.807) is 43.3 Å². The lowest BCUT2D eigenvalue weighted by Crippen LogP contribution is -2.51. The molecule has 13 heteroatoms. The highest BCUT2D eigenvalue weighted by Crippen LogP contribution is 2.38. The van der Waals surface area contributed by atoms with Gasteiger partial charge < -0.3 is 33.9 Å². The Bertz CT molecular complexity index is 1600. The molecule has 0 spiro atoms. The summed E-state index contributed by atoms with van der Waals surface area (Å²) in [6.07, 6.45) is 1.65. The maximum Gasteiger partial charge on any atom is 0.265 e. The van der Waals surface area contributed by atoms with Crippen LogP contribution >= 0.6 is 0 Å². The van der Waals surface area contributed by atoms with Gasteiger partial charge in [-0.15, -0.1) is 0 Å². The van der Waals surface area contributed by atoms with E-state index in [0.29, 0.717) is 29.4 Å². The van der Waals surface area contributed by atoms with Crippen molar-refractivity contribution in [3.63, 3.8) is 0 Å². The van der Waals surface area contributed by atoms with Crippen molar-refractivity contribution in [2.75, 3.05) is 52.9 Å². The minimum absolute atomic E-state index is 0.0118. The molecular weight excluding hydrogens is 614 g/mol. The number of nitrogens with one attached hydrogen (secondary N) is 1. The first-order chi connectivity index (χ1) is 22.0. The first-order valence-electron chi connectivity index (χ1n) is 14.7. The first-order valence-corrected chi connectivity index (χ1v) is 16.1. The van der Waals surface area contributed by atoms with E-state index in [4.69, 9.17) is 23.7 Å². The molecule has 0 saturated carbocycles. The molecule has 0 heterocycles. The molecule has 0 aromatic heterocycles. The molecule has 0 bridgehead atoms. The predicted molar refractivity (Wildman–Crippen MR) is 175 cm³/mol. The zero-order chi connectivity index (χ0) is 33.9. The highest BCUT2D eigenvalue weighted by molar-refractivity contribution is 7.92. The number of hydrogen-bond donors (Lipinski definition) is 1. The fourth-order valence-electron chi connectivity index (χ4n) is 4.70. The molecule has 0 aliphatic carbocycles. The molecule has 2 amide bonds. The van der Waals surface area contributed by atoms with Crippen LogP contribution in [0.4, 0.5) is 5.69 Å². The highest BCUT2D eigenvalue weighted by Gasteiger charge is 2.34. The third kappa shape index (κ3) is 8.53. The third-order valence-corrected chi connectivity index (χ3v) is 9.12. The largest absolute Gasteiger partial charge is 0.497 e. The van der Waals surface area contributed by atoms with Gasteiger partial charge in [0, 0.05) is 25.2 Å². The summed E-state index contributed by atoms with van der Waals surface area (Å²) in [6.45, 7) is 3.41. The van der Waals surface area contributed by atoms with Gasteiger partial charge in [0.25, 0.3) is 10.0 Å². The van der Waals surface area contributed by atoms with Gasteiger partial charge in [-0.1, -0.05) is 25.5 Å². The summed E-state index contributed by atoms with van der Waals surface area (Å²) >= 11 is 0. The van der Waals surface area contributed by atoms with Crippen LogP contribution in [0.1, 0.15) is 32.3 Å². The van der Waals surface area contributed by atoms with Crippen molar-refractivity contribution in [2.24, 2.45) is 0 Å². The normalized spacial score (nSPS) is 11.6. The molecule has 0 saturated heterocycles. The van der Waals surface area contributed by atoms with Gasteiger partial charge in [-0.25, -0.2) is 8.42 Å². The van der Waals surface area contributed by atoms with E-state index in [0.717, 1.165) is 17.1 Å². The number of hydrogen-bond acceptors (Lipinski definition) is 9. The van der Waals surface area contributed by atoms with E-state index in [1.807, 2.05) is 6.92 Å². The Morgan fingerprint density at radius 3 is 2.09 bits per heavy atom. The van der Waals surface area contributed by atoms with Gasteiger partial charge in [-0.3, -0.25) is 13.9 Å². The van der Waals surface area contributed by atoms with Gasteiger partial charge in [0.05, 0.1) is 46.1 Å². The fourth-order valence-corrected chi connectivity index (χ4v) is 6.13. The topological polar surface area (TPSA) is 133 Å². The van der Waals surface area contributed by atoms with Crippen LogP contribution < -0.4 is 33.3 Å². The number of ether oxygens (including phenoxy) is 5. The van der Waals surface area contributed by atoms with Crippen LogP contribution in [0.2, 0.25) is 0 Å². The lowest BCUT2D eigenvalue weighted by atomic mass is 10.1. The Morgan fingerprint density at radius 2 is 1.46 bits per heavy atom. The summed E-state index contributed by atoms with van der Waals surface area (Å²) in [6, 6.07) is 14.9. The molecule has 12 nitrogen and oxygen atoms in total. The lowest BCUT2D eigenvalue weighted by Gasteiger charge is -2.32. The number of unbranched alkanes of at least 4 members (excludes halogenated alkanes) is 1. The van der Waals surface area contributed by atoms with Crippen molar-refractivity contribution in [1.29, 1.82) is 0 Å². The number of anilines is 1. The monoisotopic (exact) mass is 657 g/mol.